The van der Waals surface area contributed by atoms with Gasteiger partial charge in [0.15, 0.2) is 5.78 Å². The third-order valence-corrected chi connectivity index (χ3v) is 5.23. The number of carbonyl (C=O) groups excluding carboxylic acids is 1. The molecule has 0 radical (unpaired) electrons. The van der Waals surface area contributed by atoms with E-state index in [1.54, 1.807) is 12.1 Å². The van der Waals surface area contributed by atoms with Gasteiger partial charge < -0.3 is 10.5 Å². The van der Waals surface area contributed by atoms with Crippen molar-refractivity contribution in [3.63, 3.8) is 0 Å². The van der Waals surface area contributed by atoms with Crippen LogP contribution in [-0.4, -0.2) is 12.4 Å². The summed E-state index contributed by atoms with van der Waals surface area (Å²) in [4.78, 5) is 12.5. The summed E-state index contributed by atoms with van der Waals surface area (Å²) < 4.78 is 18.7. The Balaban J connectivity index is 1.37. The molecule has 2 aromatic rings. The van der Waals surface area contributed by atoms with Crippen LogP contribution in [0, 0.1) is 17.7 Å². The zero-order valence-corrected chi connectivity index (χ0v) is 15.0. The highest BCUT2D eigenvalue weighted by Crippen LogP contribution is 2.33. The first-order valence-corrected chi connectivity index (χ1v) is 9.40. The second kappa shape index (κ2) is 8.84. The maximum atomic E-state index is 13.0. The number of ketones is 1. The number of anilines is 1. The number of nitrogen functional groups attached to an aromatic ring is 1. The average Bonchev–Trinajstić information content (AvgIpc) is 2.66. The van der Waals surface area contributed by atoms with Gasteiger partial charge in [-0.05, 0) is 80.8 Å². The molecule has 0 aliphatic heterocycles. The van der Waals surface area contributed by atoms with Gasteiger partial charge in [-0.3, -0.25) is 4.79 Å². The molecule has 1 aliphatic carbocycles. The lowest BCUT2D eigenvalue weighted by molar-refractivity contribution is 0.0868. The quantitative estimate of drug-likeness (QED) is 0.419. The first kappa shape index (κ1) is 18.4. The van der Waals surface area contributed by atoms with Gasteiger partial charge >= 0.3 is 0 Å². The van der Waals surface area contributed by atoms with Gasteiger partial charge in [0.2, 0.25) is 0 Å². The first-order valence-electron chi connectivity index (χ1n) is 9.40. The molecule has 3 nitrogen and oxygen atoms in total. The summed E-state index contributed by atoms with van der Waals surface area (Å²) in [6, 6.07) is 13.4. The molecular formula is C22H26FNO2. The minimum Gasteiger partial charge on any atom is -0.494 e. The molecule has 3 rings (SSSR count). The smallest absolute Gasteiger partial charge is 0.165 e. The second-order valence-electron chi connectivity index (χ2n) is 7.15. The number of halogens is 1. The summed E-state index contributed by atoms with van der Waals surface area (Å²) in [5.41, 5.74) is 7.08. The van der Waals surface area contributed by atoms with Crippen LogP contribution in [0.5, 0.6) is 5.75 Å². The van der Waals surface area contributed by atoms with Gasteiger partial charge in [0.25, 0.3) is 0 Å². The van der Waals surface area contributed by atoms with Crippen LogP contribution in [0.15, 0.2) is 48.5 Å². The normalized spacial score (nSPS) is 19.9. The van der Waals surface area contributed by atoms with Crippen molar-refractivity contribution in [2.24, 2.45) is 11.8 Å². The molecule has 1 saturated carbocycles. The van der Waals surface area contributed by atoms with E-state index in [0.29, 0.717) is 23.8 Å². The SMILES string of the molecule is Nc1cccc(OCCCC2CCC(C(=O)c3ccc(F)cc3)CC2)c1. The van der Waals surface area contributed by atoms with E-state index >= 15 is 0 Å². The van der Waals surface area contributed by atoms with Crippen LogP contribution in [0.2, 0.25) is 0 Å². The van der Waals surface area contributed by atoms with Crippen LogP contribution in [0.4, 0.5) is 10.1 Å². The number of carbonyl (C=O) groups is 1. The monoisotopic (exact) mass is 355 g/mol. The Morgan fingerprint density at radius 1 is 1.08 bits per heavy atom. The zero-order chi connectivity index (χ0) is 18.4. The fourth-order valence-electron chi connectivity index (χ4n) is 3.73. The summed E-state index contributed by atoms with van der Waals surface area (Å²) in [5, 5.41) is 0. The van der Waals surface area contributed by atoms with E-state index in [0.717, 1.165) is 44.3 Å². The van der Waals surface area contributed by atoms with Crippen LogP contribution in [0.25, 0.3) is 0 Å². The molecule has 0 unspecified atom stereocenters. The van der Waals surface area contributed by atoms with Crippen LogP contribution in [0.1, 0.15) is 48.9 Å². The number of benzene rings is 2. The fourth-order valence-corrected chi connectivity index (χ4v) is 3.73. The van der Waals surface area contributed by atoms with Gasteiger partial charge in [0.05, 0.1) is 6.61 Å². The molecule has 0 saturated heterocycles. The molecule has 0 spiro atoms. The van der Waals surface area contributed by atoms with Crippen molar-refractivity contribution in [1.29, 1.82) is 0 Å². The maximum absolute atomic E-state index is 13.0. The highest BCUT2D eigenvalue weighted by Gasteiger charge is 2.26. The number of nitrogens with two attached hydrogens (primary N) is 1. The molecule has 0 aromatic heterocycles. The van der Waals surface area contributed by atoms with E-state index in [1.165, 1.54) is 12.1 Å². The van der Waals surface area contributed by atoms with Gasteiger partial charge in [0, 0.05) is 23.2 Å². The molecule has 0 heterocycles. The van der Waals surface area contributed by atoms with E-state index in [-0.39, 0.29) is 17.5 Å². The molecule has 0 atom stereocenters. The van der Waals surface area contributed by atoms with Crippen LogP contribution in [0.3, 0.4) is 0 Å². The standard InChI is InChI=1S/C22H26FNO2/c23-19-12-10-18(11-13-19)22(25)17-8-6-16(7-9-17)3-2-14-26-21-5-1-4-20(24)15-21/h1,4-5,10-13,15-17H,2-3,6-9,14,24H2. The van der Waals surface area contributed by atoms with E-state index in [9.17, 15) is 9.18 Å². The minimum atomic E-state index is -0.300. The summed E-state index contributed by atoms with van der Waals surface area (Å²) in [7, 11) is 0. The van der Waals surface area contributed by atoms with E-state index in [1.807, 2.05) is 24.3 Å². The molecule has 1 fully saturated rings. The van der Waals surface area contributed by atoms with Crippen molar-refractivity contribution < 1.29 is 13.9 Å². The molecular weight excluding hydrogens is 329 g/mol. The van der Waals surface area contributed by atoms with Crippen molar-refractivity contribution in [2.45, 2.75) is 38.5 Å². The van der Waals surface area contributed by atoms with E-state index in [4.69, 9.17) is 10.5 Å². The lowest BCUT2D eigenvalue weighted by atomic mass is 9.77. The molecule has 0 bridgehead atoms. The number of ether oxygens (including phenoxy) is 1. The van der Waals surface area contributed by atoms with Crippen molar-refractivity contribution in [1.82, 2.24) is 0 Å². The number of hydrogen-bond donors (Lipinski definition) is 1. The lowest BCUT2D eigenvalue weighted by Gasteiger charge is -2.27. The Morgan fingerprint density at radius 3 is 2.50 bits per heavy atom. The largest absolute Gasteiger partial charge is 0.494 e. The molecule has 2 N–H and O–H groups in total. The highest BCUT2D eigenvalue weighted by atomic mass is 19.1. The molecule has 138 valence electrons. The van der Waals surface area contributed by atoms with Gasteiger partial charge in [-0.2, -0.15) is 0 Å². The third kappa shape index (κ3) is 5.07. The summed E-state index contributed by atoms with van der Waals surface area (Å²) in [6.07, 6.45) is 6.15. The van der Waals surface area contributed by atoms with Gasteiger partial charge in [-0.1, -0.05) is 6.07 Å². The minimum absolute atomic E-state index is 0.0836. The predicted octanol–water partition coefficient (Wildman–Crippen LogP) is 5.26. The first-order chi connectivity index (χ1) is 12.6. The fraction of sp³-hybridized carbons (Fsp3) is 0.409. The maximum Gasteiger partial charge on any atom is 0.165 e. The number of rotatable bonds is 7. The summed E-state index contributed by atoms with van der Waals surface area (Å²) in [6.45, 7) is 0.692. The highest BCUT2D eigenvalue weighted by molar-refractivity contribution is 5.97. The molecule has 0 amide bonds. The number of hydrogen-bond acceptors (Lipinski definition) is 3. The Bertz CT molecular complexity index is 721. The van der Waals surface area contributed by atoms with Crippen LogP contribution < -0.4 is 10.5 Å². The van der Waals surface area contributed by atoms with Crippen molar-refractivity contribution in [2.75, 3.05) is 12.3 Å². The third-order valence-electron chi connectivity index (χ3n) is 5.23. The van der Waals surface area contributed by atoms with Gasteiger partial charge in [-0.25, -0.2) is 4.39 Å². The van der Waals surface area contributed by atoms with E-state index in [2.05, 4.69) is 0 Å². The topological polar surface area (TPSA) is 52.3 Å². The average molecular weight is 355 g/mol. The van der Waals surface area contributed by atoms with Crippen LogP contribution in [-0.2, 0) is 0 Å². The Labute approximate surface area is 154 Å². The summed E-state index contributed by atoms with van der Waals surface area (Å²) in [5.74, 6) is 1.43. The van der Waals surface area contributed by atoms with E-state index < -0.39 is 0 Å². The Morgan fingerprint density at radius 2 is 1.81 bits per heavy atom. The van der Waals surface area contributed by atoms with Gasteiger partial charge in [0.1, 0.15) is 11.6 Å². The summed E-state index contributed by atoms with van der Waals surface area (Å²) >= 11 is 0. The Kier molecular flexibility index (Phi) is 6.26. The van der Waals surface area contributed by atoms with Crippen molar-refractivity contribution >= 4 is 11.5 Å². The molecule has 2 aromatic carbocycles. The van der Waals surface area contributed by atoms with Crippen LogP contribution >= 0.6 is 0 Å². The lowest BCUT2D eigenvalue weighted by Crippen LogP contribution is -2.22. The number of Topliss-reactive ketones (excluding diaryl/α,β-unsaturated/α-hetero) is 1. The second-order valence-corrected chi connectivity index (χ2v) is 7.15. The van der Waals surface area contributed by atoms with Crippen molar-refractivity contribution in [3.8, 4) is 5.75 Å². The molecule has 26 heavy (non-hydrogen) atoms. The zero-order valence-electron chi connectivity index (χ0n) is 15.0. The Hall–Kier alpha value is -2.36. The molecule has 1 aliphatic rings. The predicted molar refractivity (Wildman–Crippen MR) is 102 cm³/mol. The molecule has 4 heteroatoms. The van der Waals surface area contributed by atoms with Gasteiger partial charge in [-0.15, -0.1) is 0 Å². The van der Waals surface area contributed by atoms with Crippen molar-refractivity contribution in [3.05, 3.63) is 59.9 Å².